The highest BCUT2D eigenvalue weighted by Crippen LogP contribution is 2.16. The van der Waals surface area contributed by atoms with E-state index in [9.17, 15) is 9.00 Å². The van der Waals surface area contributed by atoms with Crippen molar-refractivity contribution in [2.75, 3.05) is 0 Å². The lowest BCUT2D eigenvalue weighted by molar-refractivity contribution is -0.144. The highest BCUT2D eigenvalue weighted by Gasteiger charge is 2.14. The molecule has 122 valence electrons. The quantitative estimate of drug-likeness (QED) is 0.407. The van der Waals surface area contributed by atoms with Crippen LogP contribution in [0.2, 0.25) is 0 Å². The third-order valence-electron chi connectivity index (χ3n) is 3.01. The third kappa shape index (κ3) is 6.61. The van der Waals surface area contributed by atoms with Crippen LogP contribution in [0.1, 0.15) is 18.9 Å². The second-order valence-corrected chi connectivity index (χ2v) is 6.28. The van der Waals surface area contributed by atoms with Gasteiger partial charge in [0.15, 0.2) is 0 Å². The monoisotopic (exact) mass is 330 g/mol. The average molecular weight is 330 g/mol. The van der Waals surface area contributed by atoms with E-state index >= 15 is 0 Å². The molecule has 0 aliphatic carbocycles. The van der Waals surface area contributed by atoms with Crippen LogP contribution in [0.4, 0.5) is 0 Å². The van der Waals surface area contributed by atoms with Crippen LogP contribution in [0.5, 0.6) is 0 Å². The summed E-state index contributed by atoms with van der Waals surface area (Å²) in [6.07, 6.45) is 6.73. The number of rotatable bonds is 8. The van der Waals surface area contributed by atoms with E-state index in [-0.39, 0.29) is 5.97 Å². The first-order chi connectivity index (χ1) is 11.0. The predicted molar refractivity (Wildman–Crippen MR) is 95.4 cm³/mol. The van der Waals surface area contributed by atoms with Gasteiger partial charge in [0.05, 0.1) is 10.8 Å². The Kier molecular flexibility index (Phi) is 7.98. The SMILES string of the molecule is C=C/C=C(\C=C/S(=O)c1ccc(C)cc1)[C@@H](CC=C)OC(C)=O. The van der Waals surface area contributed by atoms with Gasteiger partial charge in [-0.05, 0) is 30.7 Å². The molecule has 0 amide bonds. The Labute approximate surface area is 140 Å². The summed E-state index contributed by atoms with van der Waals surface area (Å²) in [7, 11) is -1.27. The number of carbonyl (C=O) groups excluding carboxylic acids is 1. The van der Waals surface area contributed by atoms with Crippen molar-refractivity contribution in [2.45, 2.75) is 31.3 Å². The lowest BCUT2D eigenvalue weighted by Gasteiger charge is -2.16. The van der Waals surface area contributed by atoms with E-state index in [4.69, 9.17) is 4.74 Å². The van der Waals surface area contributed by atoms with E-state index in [0.29, 0.717) is 6.42 Å². The zero-order valence-corrected chi connectivity index (χ0v) is 14.3. The molecule has 0 saturated heterocycles. The van der Waals surface area contributed by atoms with Crippen LogP contribution in [0.25, 0.3) is 0 Å². The number of benzene rings is 1. The van der Waals surface area contributed by atoms with Crippen LogP contribution in [-0.4, -0.2) is 16.3 Å². The molecule has 0 radical (unpaired) electrons. The minimum Gasteiger partial charge on any atom is -0.457 e. The van der Waals surface area contributed by atoms with Gasteiger partial charge in [-0.2, -0.15) is 0 Å². The fourth-order valence-electron chi connectivity index (χ4n) is 1.90. The van der Waals surface area contributed by atoms with Gasteiger partial charge < -0.3 is 4.74 Å². The standard InChI is InChI=1S/C19H22O3S/c1-5-7-17(19(8-6-2)22-16(4)20)13-14-23(21)18-11-9-15(3)10-12-18/h5-7,9-14,19H,1-2,8H2,3-4H3/b14-13-,17-7+/t19-,23?/m1/s1. The molecule has 2 atom stereocenters. The molecule has 23 heavy (non-hydrogen) atoms. The topological polar surface area (TPSA) is 43.4 Å². The largest absolute Gasteiger partial charge is 0.457 e. The minimum absolute atomic E-state index is 0.375. The number of hydrogen-bond acceptors (Lipinski definition) is 3. The van der Waals surface area contributed by atoms with Crippen LogP contribution >= 0.6 is 0 Å². The van der Waals surface area contributed by atoms with Crippen molar-refractivity contribution in [1.82, 2.24) is 0 Å². The molecule has 4 heteroatoms. The summed E-state index contributed by atoms with van der Waals surface area (Å²) >= 11 is 0. The van der Waals surface area contributed by atoms with Gasteiger partial charge in [-0.3, -0.25) is 4.79 Å². The van der Waals surface area contributed by atoms with Gasteiger partial charge in [0.25, 0.3) is 0 Å². The molecule has 0 aromatic heterocycles. The van der Waals surface area contributed by atoms with E-state index in [0.717, 1.165) is 16.0 Å². The molecular formula is C19H22O3S. The zero-order chi connectivity index (χ0) is 17.2. The molecule has 0 saturated carbocycles. The number of ether oxygens (including phenoxy) is 1. The number of carbonyl (C=O) groups is 1. The summed E-state index contributed by atoms with van der Waals surface area (Å²) in [5.41, 5.74) is 1.83. The van der Waals surface area contributed by atoms with Crippen LogP contribution < -0.4 is 0 Å². The van der Waals surface area contributed by atoms with Crippen LogP contribution in [-0.2, 0) is 20.3 Å². The molecule has 1 aromatic rings. The van der Waals surface area contributed by atoms with E-state index in [1.165, 1.54) is 6.92 Å². The van der Waals surface area contributed by atoms with E-state index in [1.54, 1.807) is 29.7 Å². The molecule has 0 aliphatic heterocycles. The lowest BCUT2D eigenvalue weighted by atomic mass is 10.1. The van der Waals surface area contributed by atoms with Gasteiger partial charge in [0.2, 0.25) is 0 Å². The Morgan fingerprint density at radius 3 is 2.48 bits per heavy atom. The summed E-state index contributed by atoms with van der Waals surface area (Å²) in [5, 5.41) is 1.58. The third-order valence-corrected chi connectivity index (χ3v) is 4.13. The second-order valence-electron chi connectivity index (χ2n) is 4.94. The fourth-order valence-corrected chi connectivity index (χ4v) is 2.74. The van der Waals surface area contributed by atoms with Crippen LogP contribution in [0, 0.1) is 6.92 Å². The van der Waals surface area contributed by atoms with Gasteiger partial charge in [0, 0.05) is 23.6 Å². The number of esters is 1. The molecule has 0 N–H and O–H groups in total. The Hall–Kier alpha value is -2.20. The molecule has 0 aliphatic rings. The number of aryl methyl sites for hydroxylation is 1. The minimum atomic E-state index is -1.27. The van der Waals surface area contributed by atoms with Gasteiger partial charge in [0.1, 0.15) is 6.10 Å². The van der Waals surface area contributed by atoms with Crippen molar-refractivity contribution in [3.63, 3.8) is 0 Å². The van der Waals surface area contributed by atoms with Crippen LogP contribution in [0.3, 0.4) is 0 Å². The molecular weight excluding hydrogens is 308 g/mol. The first-order valence-electron chi connectivity index (χ1n) is 7.24. The molecule has 0 heterocycles. The highest BCUT2D eigenvalue weighted by molar-refractivity contribution is 7.88. The maximum absolute atomic E-state index is 12.3. The highest BCUT2D eigenvalue weighted by atomic mass is 32.2. The van der Waals surface area contributed by atoms with Crippen molar-refractivity contribution in [1.29, 1.82) is 0 Å². The summed E-state index contributed by atoms with van der Waals surface area (Å²) < 4.78 is 17.6. The van der Waals surface area contributed by atoms with Gasteiger partial charge in [-0.15, -0.1) is 6.58 Å². The van der Waals surface area contributed by atoms with Crippen molar-refractivity contribution in [3.05, 3.63) is 78.3 Å². The van der Waals surface area contributed by atoms with E-state index in [2.05, 4.69) is 13.2 Å². The lowest BCUT2D eigenvalue weighted by Crippen LogP contribution is -2.17. The van der Waals surface area contributed by atoms with E-state index < -0.39 is 16.9 Å². The normalized spacial score (nSPS) is 14.3. The maximum atomic E-state index is 12.3. The number of allylic oxidation sites excluding steroid dienone is 2. The average Bonchev–Trinajstić information content (AvgIpc) is 2.51. The Bertz CT molecular complexity index is 639. The first-order valence-corrected chi connectivity index (χ1v) is 8.45. The second kappa shape index (κ2) is 9.74. The molecule has 1 aromatic carbocycles. The maximum Gasteiger partial charge on any atom is 0.303 e. The summed E-state index contributed by atoms with van der Waals surface area (Å²) in [6.45, 7) is 10.7. The van der Waals surface area contributed by atoms with Gasteiger partial charge >= 0.3 is 5.97 Å². The van der Waals surface area contributed by atoms with Crippen LogP contribution in [0.15, 0.2) is 77.6 Å². The fraction of sp³-hybridized carbons (Fsp3) is 0.211. The molecule has 0 bridgehead atoms. The molecule has 1 unspecified atom stereocenters. The Morgan fingerprint density at radius 1 is 1.30 bits per heavy atom. The summed E-state index contributed by atoms with van der Waals surface area (Å²) in [4.78, 5) is 12.0. The van der Waals surface area contributed by atoms with Gasteiger partial charge in [-0.25, -0.2) is 4.21 Å². The zero-order valence-electron chi connectivity index (χ0n) is 13.5. The molecule has 1 rings (SSSR count). The molecule has 3 nitrogen and oxygen atoms in total. The summed E-state index contributed by atoms with van der Waals surface area (Å²) in [5.74, 6) is -0.375. The predicted octanol–water partition coefficient (Wildman–Crippen LogP) is 4.24. The Balaban J connectivity index is 2.96. The van der Waals surface area contributed by atoms with Crippen molar-refractivity contribution in [3.8, 4) is 0 Å². The number of hydrogen-bond donors (Lipinski definition) is 0. The van der Waals surface area contributed by atoms with Crippen molar-refractivity contribution in [2.24, 2.45) is 0 Å². The molecule has 0 spiro atoms. The summed E-state index contributed by atoms with van der Waals surface area (Å²) in [6, 6.07) is 7.50. The smallest absolute Gasteiger partial charge is 0.303 e. The first kappa shape index (κ1) is 18.8. The Morgan fingerprint density at radius 2 is 1.96 bits per heavy atom. The van der Waals surface area contributed by atoms with Gasteiger partial charge in [-0.1, -0.05) is 42.5 Å². The van der Waals surface area contributed by atoms with E-state index in [1.807, 2.05) is 31.2 Å². The van der Waals surface area contributed by atoms with Crippen molar-refractivity contribution >= 4 is 16.8 Å². The van der Waals surface area contributed by atoms with Crippen molar-refractivity contribution < 1.29 is 13.7 Å². The molecule has 0 fully saturated rings.